The van der Waals surface area contributed by atoms with Crippen LogP contribution in [0.3, 0.4) is 0 Å². The molecule has 0 fully saturated rings. The lowest BCUT2D eigenvalue weighted by atomic mass is 10.3. The van der Waals surface area contributed by atoms with Crippen LogP contribution >= 0.6 is 11.6 Å². The van der Waals surface area contributed by atoms with Crippen LogP contribution in [0.5, 0.6) is 0 Å². The van der Waals surface area contributed by atoms with Crippen molar-refractivity contribution in [1.29, 1.82) is 0 Å². The Balaban J connectivity index is 2.46. The molecule has 2 aromatic rings. The second-order valence-corrected chi connectivity index (χ2v) is 5.44. The molecule has 2 heterocycles. The molecular weight excluding hydrogens is 308 g/mol. The zero-order chi connectivity index (χ0) is 16.1. The van der Waals surface area contributed by atoms with Gasteiger partial charge in [0, 0.05) is 13.2 Å². The molecule has 0 aromatic carbocycles. The van der Waals surface area contributed by atoms with Crippen molar-refractivity contribution in [2.45, 2.75) is 46.2 Å². The molecule has 22 heavy (non-hydrogen) atoms. The van der Waals surface area contributed by atoms with E-state index in [1.54, 1.807) is 0 Å². The van der Waals surface area contributed by atoms with Gasteiger partial charge in [0.15, 0.2) is 11.2 Å². The lowest BCUT2D eigenvalue weighted by molar-refractivity contribution is 0.125. The van der Waals surface area contributed by atoms with Crippen LogP contribution in [0.15, 0.2) is 9.59 Å². The van der Waals surface area contributed by atoms with Crippen LogP contribution in [-0.2, 0) is 17.8 Å². The summed E-state index contributed by atoms with van der Waals surface area (Å²) in [6.45, 7) is 5.69. The van der Waals surface area contributed by atoms with Gasteiger partial charge in [0.25, 0.3) is 5.56 Å². The van der Waals surface area contributed by atoms with E-state index >= 15 is 0 Å². The Labute approximate surface area is 132 Å². The molecule has 8 heteroatoms. The highest BCUT2D eigenvalue weighted by Gasteiger charge is 2.16. The lowest BCUT2D eigenvalue weighted by Crippen LogP contribution is -2.41. The summed E-state index contributed by atoms with van der Waals surface area (Å²) >= 11 is 5.86. The lowest BCUT2D eigenvalue weighted by Gasteiger charge is -2.11. The van der Waals surface area contributed by atoms with Crippen molar-refractivity contribution in [2.24, 2.45) is 0 Å². The number of hydrogen-bond acceptors (Lipinski definition) is 4. The normalized spacial score (nSPS) is 11.4. The number of aromatic nitrogens is 4. The van der Waals surface area contributed by atoms with E-state index in [9.17, 15) is 9.59 Å². The van der Waals surface area contributed by atoms with Gasteiger partial charge >= 0.3 is 5.69 Å². The maximum Gasteiger partial charge on any atom is 0.332 e. The summed E-state index contributed by atoms with van der Waals surface area (Å²) < 4.78 is 8.06. The van der Waals surface area contributed by atoms with Gasteiger partial charge in [-0.2, -0.15) is 4.98 Å². The summed E-state index contributed by atoms with van der Waals surface area (Å²) in [6, 6.07) is 0. The third kappa shape index (κ3) is 3.41. The number of unbranched alkanes of at least 4 members (excludes halogenated alkanes) is 1. The zero-order valence-corrected chi connectivity index (χ0v) is 13.7. The third-order valence-electron chi connectivity index (χ3n) is 3.38. The second-order valence-electron chi connectivity index (χ2n) is 5.08. The molecule has 122 valence electrons. The summed E-state index contributed by atoms with van der Waals surface area (Å²) in [7, 11) is 0. The van der Waals surface area contributed by atoms with E-state index in [1.807, 2.05) is 13.8 Å². The number of halogens is 1. The highest BCUT2D eigenvalue weighted by molar-refractivity contribution is 6.28. The molecule has 0 amide bonds. The van der Waals surface area contributed by atoms with Crippen LogP contribution in [0.1, 0.15) is 33.1 Å². The minimum absolute atomic E-state index is 0.108. The minimum atomic E-state index is -0.410. The first kappa shape index (κ1) is 16.8. The molecule has 2 aromatic heterocycles. The average Bonchev–Trinajstić information content (AvgIpc) is 2.88. The fourth-order valence-electron chi connectivity index (χ4n) is 2.26. The van der Waals surface area contributed by atoms with Crippen molar-refractivity contribution < 1.29 is 4.74 Å². The molecule has 0 saturated carbocycles. The van der Waals surface area contributed by atoms with Crippen LogP contribution in [0.2, 0.25) is 5.28 Å². The number of imidazole rings is 1. The Bertz CT molecular complexity index is 747. The molecule has 0 unspecified atom stereocenters. The molecule has 0 aliphatic heterocycles. The van der Waals surface area contributed by atoms with Crippen molar-refractivity contribution in [3.63, 3.8) is 0 Å². The second kappa shape index (κ2) is 7.60. The van der Waals surface area contributed by atoms with E-state index in [0.717, 1.165) is 19.3 Å². The number of rotatable bonds is 8. The molecule has 0 bridgehead atoms. The predicted molar refractivity (Wildman–Crippen MR) is 85.6 cm³/mol. The van der Waals surface area contributed by atoms with Gasteiger partial charge in [0.05, 0.1) is 13.2 Å². The maximum absolute atomic E-state index is 12.6. The first-order chi connectivity index (χ1) is 10.6. The summed E-state index contributed by atoms with van der Waals surface area (Å²) in [5, 5.41) is 0.108. The van der Waals surface area contributed by atoms with Crippen LogP contribution in [0.25, 0.3) is 11.2 Å². The van der Waals surface area contributed by atoms with Gasteiger partial charge in [0.1, 0.15) is 0 Å². The Hall–Kier alpha value is -1.60. The van der Waals surface area contributed by atoms with E-state index in [4.69, 9.17) is 16.3 Å². The van der Waals surface area contributed by atoms with Crippen LogP contribution in [-0.4, -0.2) is 32.3 Å². The van der Waals surface area contributed by atoms with Gasteiger partial charge in [-0.05, 0) is 24.4 Å². The van der Waals surface area contributed by atoms with Gasteiger partial charge in [-0.25, -0.2) is 4.79 Å². The number of aromatic amines is 1. The van der Waals surface area contributed by atoms with Crippen LogP contribution in [0, 0.1) is 0 Å². The number of H-pyrrole nitrogens is 1. The number of hydrogen-bond donors (Lipinski definition) is 1. The molecule has 7 nitrogen and oxygen atoms in total. The van der Waals surface area contributed by atoms with E-state index in [2.05, 4.69) is 9.97 Å². The molecular formula is C14H21ClN4O3. The van der Waals surface area contributed by atoms with E-state index < -0.39 is 5.56 Å². The van der Waals surface area contributed by atoms with E-state index in [0.29, 0.717) is 25.4 Å². The quantitative estimate of drug-likeness (QED) is 0.591. The number of nitrogens with one attached hydrogen (secondary N) is 1. The Morgan fingerprint density at radius 1 is 1.14 bits per heavy atom. The van der Waals surface area contributed by atoms with Crippen molar-refractivity contribution in [3.8, 4) is 0 Å². The molecule has 0 saturated heterocycles. The van der Waals surface area contributed by atoms with Gasteiger partial charge < -0.3 is 9.72 Å². The summed E-state index contributed by atoms with van der Waals surface area (Å²) in [5.74, 6) is 0. The van der Waals surface area contributed by atoms with Crippen molar-refractivity contribution in [1.82, 2.24) is 19.1 Å². The van der Waals surface area contributed by atoms with Crippen molar-refractivity contribution in [2.75, 3.05) is 13.2 Å². The maximum atomic E-state index is 12.6. The fraction of sp³-hybridized carbons (Fsp3) is 0.643. The predicted octanol–water partition coefficient (Wildman–Crippen LogP) is 1.77. The minimum Gasteiger partial charge on any atom is -0.380 e. The first-order valence-corrected chi connectivity index (χ1v) is 7.94. The molecule has 0 radical (unpaired) electrons. The van der Waals surface area contributed by atoms with Gasteiger partial charge in [-0.3, -0.25) is 13.9 Å². The van der Waals surface area contributed by atoms with Crippen LogP contribution < -0.4 is 11.2 Å². The Morgan fingerprint density at radius 3 is 2.59 bits per heavy atom. The van der Waals surface area contributed by atoms with Crippen molar-refractivity contribution >= 4 is 22.8 Å². The molecule has 2 rings (SSSR count). The molecule has 0 aliphatic rings. The Morgan fingerprint density at radius 2 is 1.91 bits per heavy atom. The van der Waals surface area contributed by atoms with E-state index in [1.165, 1.54) is 9.13 Å². The summed E-state index contributed by atoms with van der Waals surface area (Å²) in [6.07, 6.45) is 2.65. The number of aryl methyl sites for hydroxylation is 1. The summed E-state index contributed by atoms with van der Waals surface area (Å²) in [4.78, 5) is 31.8. The largest absolute Gasteiger partial charge is 0.380 e. The fourth-order valence-corrected chi connectivity index (χ4v) is 2.43. The van der Waals surface area contributed by atoms with Crippen LogP contribution in [0.4, 0.5) is 0 Å². The zero-order valence-electron chi connectivity index (χ0n) is 12.9. The number of fused-ring (bicyclic) bond motifs is 1. The number of nitrogens with zero attached hydrogens (tertiary/aromatic N) is 3. The number of ether oxygens (including phenoxy) is 1. The molecule has 0 aliphatic carbocycles. The first-order valence-electron chi connectivity index (χ1n) is 7.56. The smallest absolute Gasteiger partial charge is 0.332 e. The van der Waals surface area contributed by atoms with Gasteiger partial charge in [0.2, 0.25) is 5.28 Å². The molecule has 0 atom stereocenters. The highest BCUT2D eigenvalue weighted by atomic mass is 35.5. The standard InChI is InChI=1S/C14H21ClN4O3/c1-3-5-6-18-11-10(16-13(15)17-11)12(20)19(14(18)21)7-9-22-8-4-2/h3-9H2,1-2H3,(H,16,17). The van der Waals surface area contributed by atoms with E-state index in [-0.39, 0.29) is 23.0 Å². The third-order valence-corrected chi connectivity index (χ3v) is 3.55. The topological polar surface area (TPSA) is 81.9 Å². The molecule has 0 spiro atoms. The highest BCUT2D eigenvalue weighted by Crippen LogP contribution is 2.10. The average molecular weight is 329 g/mol. The monoisotopic (exact) mass is 328 g/mol. The summed E-state index contributed by atoms with van der Waals surface area (Å²) in [5.41, 5.74) is -0.197. The van der Waals surface area contributed by atoms with Gasteiger partial charge in [-0.15, -0.1) is 0 Å². The Kier molecular flexibility index (Phi) is 5.79. The van der Waals surface area contributed by atoms with Crippen molar-refractivity contribution in [3.05, 3.63) is 26.1 Å². The molecule has 1 N–H and O–H groups in total. The SMILES string of the molecule is CCCCn1c(=O)n(CCOCCC)c(=O)c2[nH]c(Cl)nc21. The van der Waals surface area contributed by atoms with Gasteiger partial charge in [-0.1, -0.05) is 20.3 Å².